The maximum absolute atomic E-state index is 5.29. The lowest BCUT2D eigenvalue weighted by atomic mass is 9.94. The Labute approximate surface area is 117 Å². The van der Waals surface area contributed by atoms with E-state index >= 15 is 0 Å². The second-order valence-electron chi connectivity index (χ2n) is 5.63. The summed E-state index contributed by atoms with van der Waals surface area (Å²) in [5.41, 5.74) is 1.10. The zero-order chi connectivity index (χ0) is 12.8. The van der Waals surface area contributed by atoms with Gasteiger partial charge in [0.15, 0.2) is 0 Å². The van der Waals surface area contributed by atoms with Gasteiger partial charge in [0.1, 0.15) is 10.8 Å². The Morgan fingerprint density at radius 2 is 2.32 bits per heavy atom. The van der Waals surface area contributed by atoms with E-state index in [1.54, 1.807) is 7.11 Å². The van der Waals surface area contributed by atoms with E-state index in [0.717, 1.165) is 23.1 Å². The standard InChI is InChI=1S/C15H18N2OS/c1-18-10-5-6-12-13(7-10)19-15(17-12)14-11-4-2-3-9(11)8-16-14/h5-7,9,11,14,16H,2-4,8H2,1H3. The molecule has 1 aliphatic heterocycles. The van der Waals surface area contributed by atoms with E-state index in [9.17, 15) is 0 Å². The van der Waals surface area contributed by atoms with Crippen LogP contribution in [0.4, 0.5) is 0 Å². The maximum atomic E-state index is 5.29. The number of ether oxygens (including phenoxy) is 1. The van der Waals surface area contributed by atoms with Crippen molar-refractivity contribution >= 4 is 21.6 Å². The first-order chi connectivity index (χ1) is 9.35. The summed E-state index contributed by atoms with van der Waals surface area (Å²) in [5, 5.41) is 4.94. The van der Waals surface area contributed by atoms with Crippen molar-refractivity contribution in [1.82, 2.24) is 10.3 Å². The number of rotatable bonds is 2. The van der Waals surface area contributed by atoms with Crippen LogP contribution >= 0.6 is 11.3 Å². The Morgan fingerprint density at radius 1 is 1.37 bits per heavy atom. The van der Waals surface area contributed by atoms with E-state index in [-0.39, 0.29) is 0 Å². The summed E-state index contributed by atoms with van der Waals surface area (Å²) in [7, 11) is 1.71. The third-order valence-corrected chi connectivity index (χ3v) is 5.73. The molecule has 3 nitrogen and oxygen atoms in total. The molecule has 2 heterocycles. The Balaban J connectivity index is 1.71. The summed E-state index contributed by atoms with van der Waals surface area (Å²) >= 11 is 1.82. The van der Waals surface area contributed by atoms with Gasteiger partial charge in [0.25, 0.3) is 0 Å². The van der Waals surface area contributed by atoms with E-state index in [1.165, 1.54) is 35.5 Å². The van der Waals surface area contributed by atoms with Gasteiger partial charge >= 0.3 is 0 Å². The van der Waals surface area contributed by atoms with Crippen LogP contribution in [0.3, 0.4) is 0 Å². The number of nitrogens with one attached hydrogen (secondary N) is 1. The second kappa shape index (κ2) is 4.46. The zero-order valence-electron chi connectivity index (χ0n) is 11.1. The topological polar surface area (TPSA) is 34.1 Å². The highest BCUT2D eigenvalue weighted by molar-refractivity contribution is 7.18. The number of methoxy groups -OCH3 is 1. The third kappa shape index (κ3) is 1.85. The molecule has 100 valence electrons. The van der Waals surface area contributed by atoms with Gasteiger partial charge in [0.2, 0.25) is 0 Å². The van der Waals surface area contributed by atoms with E-state index < -0.39 is 0 Å². The monoisotopic (exact) mass is 274 g/mol. The number of benzene rings is 1. The van der Waals surface area contributed by atoms with Crippen LogP contribution in [-0.2, 0) is 0 Å². The van der Waals surface area contributed by atoms with Crippen LogP contribution < -0.4 is 10.1 Å². The molecule has 0 radical (unpaired) electrons. The quantitative estimate of drug-likeness (QED) is 0.911. The van der Waals surface area contributed by atoms with Crippen molar-refractivity contribution in [3.63, 3.8) is 0 Å². The Morgan fingerprint density at radius 3 is 3.21 bits per heavy atom. The summed E-state index contributed by atoms with van der Waals surface area (Å²) in [4.78, 5) is 4.83. The van der Waals surface area contributed by atoms with Crippen molar-refractivity contribution < 1.29 is 4.74 Å². The number of aromatic nitrogens is 1. The number of hydrogen-bond donors (Lipinski definition) is 1. The smallest absolute Gasteiger partial charge is 0.120 e. The highest BCUT2D eigenvalue weighted by Crippen LogP contribution is 2.45. The molecular weight excluding hydrogens is 256 g/mol. The fourth-order valence-electron chi connectivity index (χ4n) is 3.64. The molecule has 2 fully saturated rings. The van der Waals surface area contributed by atoms with Crippen LogP contribution in [-0.4, -0.2) is 18.6 Å². The first kappa shape index (κ1) is 11.7. The molecule has 1 aromatic heterocycles. The number of nitrogens with zero attached hydrogens (tertiary/aromatic N) is 1. The molecule has 1 saturated carbocycles. The van der Waals surface area contributed by atoms with Crippen molar-refractivity contribution in [1.29, 1.82) is 0 Å². The van der Waals surface area contributed by atoms with Crippen molar-refractivity contribution in [2.75, 3.05) is 13.7 Å². The minimum Gasteiger partial charge on any atom is -0.497 e. The zero-order valence-corrected chi connectivity index (χ0v) is 11.9. The third-order valence-electron chi connectivity index (χ3n) is 4.62. The van der Waals surface area contributed by atoms with Gasteiger partial charge in [-0.3, -0.25) is 0 Å². The SMILES string of the molecule is COc1ccc2nc(C3NCC4CCCC43)sc2c1. The molecule has 3 unspecified atom stereocenters. The van der Waals surface area contributed by atoms with Gasteiger partial charge in [0.05, 0.1) is 23.4 Å². The molecule has 0 bridgehead atoms. The Kier molecular flexibility index (Phi) is 2.74. The molecule has 2 aromatic rings. The van der Waals surface area contributed by atoms with Crippen molar-refractivity contribution in [2.45, 2.75) is 25.3 Å². The lowest BCUT2D eigenvalue weighted by Crippen LogP contribution is -2.17. The average Bonchev–Trinajstić information content (AvgIpc) is 3.11. The average molecular weight is 274 g/mol. The predicted molar refractivity (Wildman–Crippen MR) is 77.7 cm³/mol. The Hall–Kier alpha value is -1.13. The highest BCUT2D eigenvalue weighted by Gasteiger charge is 2.40. The summed E-state index contributed by atoms with van der Waals surface area (Å²) in [6, 6.07) is 6.63. The summed E-state index contributed by atoms with van der Waals surface area (Å²) in [6.45, 7) is 1.18. The second-order valence-corrected chi connectivity index (χ2v) is 6.69. The highest BCUT2D eigenvalue weighted by atomic mass is 32.1. The fraction of sp³-hybridized carbons (Fsp3) is 0.533. The molecular formula is C15H18N2OS. The van der Waals surface area contributed by atoms with Crippen LogP contribution in [0.2, 0.25) is 0 Å². The number of hydrogen-bond acceptors (Lipinski definition) is 4. The Bertz CT molecular complexity index is 609. The van der Waals surface area contributed by atoms with Gasteiger partial charge in [0, 0.05) is 0 Å². The molecule has 19 heavy (non-hydrogen) atoms. The molecule has 1 N–H and O–H groups in total. The van der Waals surface area contributed by atoms with Crippen molar-refractivity contribution in [3.8, 4) is 5.75 Å². The first-order valence-electron chi connectivity index (χ1n) is 7.03. The maximum Gasteiger partial charge on any atom is 0.120 e. The molecule has 0 spiro atoms. The summed E-state index contributed by atoms with van der Waals surface area (Å²) in [6.07, 6.45) is 4.15. The molecule has 1 aliphatic carbocycles. The van der Waals surface area contributed by atoms with Gasteiger partial charge in [-0.1, -0.05) is 6.42 Å². The van der Waals surface area contributed by atoms with Crippen LogP contribution in [0.5, 0.6) is 5.75 Å². The summed E-state index contributed by atoms with van der Waals surface area (Å²) in [5.74, 6) is 2.61. The van der Waals surface area contributed by atoms with Gasteiger partial charge in [-0.2, -0.15) is 0 Å². The van der Waals surface area contributed by atoms with Crippen molar-refractivity contribution in [2.24, 2.45) is 11.8 Å². The molecule has 1 saturated heterocycles. The van der Waals surface area contributed by atoms with E-state index in [1.807, 2.05) is 17.4 Å². The summed E-state index contributed by atoms with van der Waals surface area (Å²) < 4.78 is 6.52. The largest absolute Gasteiger partial charge is 0.497 e. The van der Waals surface area contributed by atoms with Crippen LogP contribution in [0.15, 0.2) is 18.2 Å². The van der Waals surface area contributed by atoms with Crippen molar-refractivity contribution in [3.05, 3.63) is 23.2 Å². The molecule has 1 aromatic carbocycles. The minimum atomic E-state index is 0.482. The van der Waals surface area contributed by atoms with Gasteiger partial charge in [-0.15, -0.1) is 11.3 Å². The van der Waals surface area contributed by atoms with Crippen LogP contribution in [0, 0.1) is 11.8 Å². The van der Waals surface area contributed by atoms with Gasteiger partial charge in [-0.05, 0) is 49.4 Å². The van der Waals surface area contributed by atoms with Gasteiger partial charge in [-0.25, -0.2) is 4.98 Å². The predicted octanol–water partition coefficient (Wildman–Crippen LogP) is 3.37. The normalized spacial score (nSPS) is 29.8. The van der Waals surface area contributed by atoms with Crippen LogP contribution in [0.25, 0.3) is 10.2 Å². The van der Waals surface area contributed by atoms with E-state index in [2.05, 4.69) is 17.4 Å². The minimum absolute atomic E-state index is 0.482. The molecule has 3 atom stereocenters. The van der Waals surface area contributed by atoms with E-state index in [4.69, 9.17) is 9.72 Å². The first-order valence-corrected chi connectivity index (χ1v) is 7.84. The number of thiazole rings is 1. The molecule has 4 rings (SSSR count). The molecule has 4 heteroatoms. The fourth-order valence-corrected chi connectivity index (χ4v) is 4.79. The lowest BCUT2D eigenvalue weighted by Gasteiger charge is -2.14. The molecule has 2 aliphatic rings. The lowest BCUT2D eigenvalue weighted by molar-refractivity contribution is 0.415. The van der Waals surface area contributed by atoms with E-state index in [0.29, 0.717) is 6.04 Å². The van der Waals surface area contributed by atoms with Crippen LogP contribution in [0.1, 0.15) is 30.3 Å². The number of fused-ring (bicyclic) bond motifs is 2. The van der Waals surface area contributed by atoms with Gasteiger partial charge < -0.3 is 10.1 Å². The molecule has 0 amide bonds.